The quantitative estimate of drug-likeness (QED) is 0.813. The van der Waals surface area contributed by atoms with E-state index in [0.717, 1.165) is 22.7 Å². The van der Waals surface area contributed by atoms with E-state index in [1.807, 2.05) is 0 Å². The fraction of sp³-hybridized carbons (Fsp3) is 0.417. The van der Waals surface area contributed by atoms with Crippen molar-refractivity contribution < 1.29 is 27.9 Å². The molecule has 0 aliphatic heterocycles. The molecule has 5 nitrogen and oxygen atoms in total. The highest BCUT2D eigenvalue weighted by Gasteiger charge is 2.30. The highest BCUT2D eigenvalue weighted by atomic mass is 32.2. The Balaban J connectivity index is 2.58. The van der Waals surface area contributed by atoms with Gasteiger partial charge in [0.1, 0.15) is 6.54 Å². The SMILES string of the molecule is CCN(CC(=O)O)C(=O)CSc1ccc(C(F)(F)F)cn1. The molecule has 1 aromatic heterocycles. The zero-order valence-electron chi connectivity index (χ0n) is 11.1. The number of likely N-dealkylation sites (N-methyl/N-ethyl adjacent to an activating group) is 1. The van der Waals surface area contributed by atoms with Gasteiger partial charge in [-0.2, -0.15) is 13.2 Å². The van der Waals surface area contributed by atoms with Crippen molar-refractivity contribution in [3.8, 4) is 0 Å². The van der Waals surface area contributed by atoms with Crippen LogP contribution in [0.25, 0.3) is 0 Å². The van der Waals surface area contributed by atoms with Gasteiger partial charge in [0.05, 0.1) is 16.3 Å². The Morgan fingerprint density at radius 2 is 2.05 bits per heavy atom. The van der Waals surface area contributed by atoms with Gasteiger partial charge in [-0.05, 0) is 19.1 Å². The first-order chi connectivity index (χ1) is 9.74. The molecule has 0 fully saturated rings. The Morgan fingerprint density at radius 3 is 2.48 bits per heavy atom. The van der Waals surface area contributed by atoms with E-state index in [-0.39, 0.29) is 17.3 Å². The number of aromatic nitrogens is 1. The highest BCUT2D eigenvalue weighted by Crippen LogP contribution is 2.29. The van der Waals surface area contributed by atoms with Crippen LogP contribution in [-0.2, 0) is 15.8 Å². The van der Waals surface area contributed by atoms with Crippen LogP contribution in [0.2, 0.25) is 0 Å². The van der Waals surface area contributed by atoms with Gasteiger partial charge in [-0.25, -0.2) is 4.98 Å². The second-order valence-electron chi connectivity index (χ2n) is 3.97. The molecule has 1 N–H and O–H groups in total. The summed E-state index contributed by atoms with van der Waals surface area (Å²) < 4.78 is 37.0. The number of rotatable bonds is 6. The van der Waals surface area contributed by atoms with Gasteiger partial charge < -0.3 is 10.0 Å². The predicted molar refractivity (Wildman–Crippen MR) is 69.9 cm³/mol. The van der Waals surface area contributed by atoms with E-state index in [0.29, 0.717) is 6.20 Å². The number of hydrogen-bond acceptors (Lipinski definition) is 4. The molecule has 0 aromatic carbocycles. The molecule has 0 saturated heterocycles. The van der Waals surface area contributed by atoms with Gasteiger partial charge >= 0.3 is 12.1 Å². The van der Waals surface area contributed by atoms with Gasteiger partial charge in [0.25, 0.3) is 0 Å². The molecule has 0 radical (unpaired) electrons. The Bertz CT molecular complexity index is 505. The maximum Gasteiger partial charge on any atom is 0.417 e. The monoisotopic (exact) mass is 322 g/mol. The van der Waals surface area contributed by atoms with Crippen molar-refractivity contribution >= 4 is 23.6 Å². The molecule has 21 heavy (non-hydrogen) atoms. The third-order valence-corrected chi connectivity index (χ3v) is 3.40. The molecule has 0 bridgehead atoms. The number of carbonyl (C=O) groups excluding carboxylic acids is 1. The van der Waals surface area contributed by atoms with Gasteiger partial charge in [0.15, 0.2) is 0 Å². The number of carboxylic acid groups (broad SMARTS) is 1. The van der Waals surface area contributed by atoms with Crippen LogP contribution >= 0.6 is 11.8 Å². The lowest BCUT2D eigenvalue weighted by molar-refractivity contribution is -0.143. The highest BCUT2D eigenvalue weighted by molar-refractivity contribution is 7.99. The smallest absolute Gasteiger partial charge is 0.417 e. The minimum atomic E-state index is -4.45. The molecule has 1 rings (SSSR count). The molecule has 116 valence electrons. The van der Waals surface area contributed by atoms with E-state index in [1.54, 1.807) is 6.92 Å². The largest absolute Gasteiger partial charge is 0.480 e. The minimum absolute atomic E-state index is 0.0838. The fourth-order valence-corrected chi connectivity index (χ4v) is 2.15. The molecule has 9 heteroatoms. The van der Waals surface area contributed by atoms with Crippen LogP contribution in [0.4, 0.5) is 13.2 Å². The maximum absolute atomic E-state index is 12.3. The summed E-state index contributed by atoms with van der Waals surface area (Å²) in [7, 11) is 0. The average Bonchev–Trinajstić information content (AvgIpc) is 2.41. The third-order valence-electron chi connectivity index (χ3n) is 2.47. The topological polar surface area (TPSA) is 70.5 Å². The lowest BCUT2D eigenvalue weighted by Gasteiger charge is -2.18. The number of aliphatic carboxylic acids is 1. The molecule has 1 aromatic rings. The van der Waals surface area contributed by atoms with Gasteiger partial charge in [-0.3, -0.25) is 9.59 Å². The van der Waals surface area contributed by atoms with Crippen molar-refractivity contribution in [3.63, 3.8) is 0 Å². The summed E-state index contributed by atoms with van der Waals surface area (Å²) >= 11 is 0.956. The molecule has 0 saturated carbocycles. The summed E-state index contributed by atoms with van der Waals surface area (Å²) in [5.41, 5.74) is -0.862. The molecule has 0 atom stereocenters. The van der Waals surface area contributed by atoms with Crippen molar-refractivity contribution in [1.29, 1.82) is 0 Å². The van der Waals surface area contributed by atoms with Crippen LogP contribution in [-0.4, -0.2) is 45.7 Å². The minimum Gasteiger partial charge on any atom is -0.480 e. The number of amides is 1. The van der Waals surface area contributed by atoms with Crippen LogP contribution in [0, 0.1) is 0 Å². The lowest BCUT2D eigenvalue weighted by Crippen LogP contribution is -2.36. The molecule has 1 heterocycles. The number of alkyl halides is 3. The average molecular weight is 322 g/mol. The van der Waals surface area contributed by atoms with Gasteiger partial charge in [0.2, 0.25) is 5.91 Å². The van der Waals surface area contributed by atoms with Crippen LogP contribution in [0.1, 0.15) is 12.5 Å². The first kappa shape index (κ1) is 17.3. The first-order valence-corrected chi connectivity index (χ1v) is 6.88. The second-order valence-corrected chi connectivity index (χ2v) is 4.97. The Hall–Kier alpha value is -1.77. The molecular formula is C12H13F3N2O3S. The summed E-state index contributed by atoms with van der Waals surface area (Å²) in [6.45, 7) is 1.48. The number of thioether (sulfide) groups is 1. The second kappa shape index (κ2) is 7.30. The van der Waals surface area contributed by atoms with Gasteiger partial charge in [-0.1, -0.05) is 11.8 Å². The van der Waals surface area contributed by atoms with Gasteiger partial charge in [-0.15, -0.1) is 0 Å². The van der Waals surface area contributed by atoms with Crippen LogP contribution in [0.5, 0.6) is 0 Å². The van der Waals surface area contributed by atoms with Gasteiger partial charge in [0, 0.05) is 12.7 Å². The summed E-state index contributed by atoms with van der Waals surface area (Å²) in [5, 5.41) is 8.90. The van der Waals surface area contributed by atoms with Crippen LogP contribution in [0.15, 0.2) is 23.4 Å². The van der Waals surface area contributed by atoms with E-state index in [4.69, 9.17) is 5.11 Å². The lowest BCUT2D eigenvalue weighted by atomic mass is 10.3. The molecule has 0 aliphatic carbocycles. The van der Waals surface area contributed by atoms with Crippen molar-refractivity contribution in [2.45, 2.75) is 18.1 Å². The standard InChI is InChI=1S/C12H13F3N2O3S/c1-2-17(6-11(19)20)10(18)7-21-9-4-3-8(5-16-9)12(13,14)15/h3-5H,2,6-7H2,1H3,(H,19,20). The number of pyridine rings is 1. The number of carbonyl (C=O) groups is 2. The predicted octanol–water partition coefficient (Wildman–Crippen LogP) is 2.13. The molecule has 0 aliphatic rings. The van der Waals surface area contributed by atoms with Crippen LogP contribution < -0.4 is 0 Å². The third kappa shape index (κ3) is 5.62. The number of nitrogens with zero attached hydrogens (tertiary/aromatic N) is 2. The molecule has 0 unspecified atom stereocenters. The molecule has 1 amide bonds. The number of halogens is 3. The normalized spacial score (nSPS) is 11.2. The Labute approximate surface area is 123 Å². The number of hydrogen-bond donors (Lipinski definition) is 1. The summed E-state index contributed by atoms with van der Waals surface area (Å²) in [6, 6.07) is 2.06. The van der Waals surface area contributed by atoms with E-state index < -0.39 is 30.2 Å². The zero-order valence-corrected chi connectivity index (χ0v) is 11.9. The van der Waals surface area contributed by atoms with E-state index in [9.17, 15) is 22.8 Å². The molecule has 0 spiro atoms. The van der Waals surface area contributed by atoms with Crippen molar-refractivity contribution in [2.75, 3.05) is 18.8 Å². The fourth-order valence-electron chi connectivity index (χ4n) is 1.40. The Kier molecular flexibility index (Phi) is 6.01. The summed E-state index contributed by atoms with van der Waals surface area (Å²) in [6.07, 6.45) is -3.76. The first-order valence-electron chi connectivity index (χ1n) is 5.89. The van der Waals surface area contributed by atoms with E-state index in [1.165, 1.54) is 6.07 Å². The Morgan fingerprint density at radius 1 is 1.38 bits per heavy atom. The zero-order chi connectivity index (χ0) is 16.0. The van der Waals surface area contributed by atoms with E-state index >= 15 is 0 Å². The van der Waals surface area contributed by atoms with Crippen molar-refractivity contribution in [2.24, 2.45) is 0 Å². The van der Waals surface area contributed by atoms with Crippen molar-refractivity contribution in [1.82, 2.24) is 9.88 Å². The van der Waals surface area contributed by atoms with Crippen molar-refractivity contribution in [3.05, 3.63) is 23.9 Å². The maximum atomic E-state index is 12.3. The molecular weight excluding hydrogens is 309 g/mol. The van der Waals surface area contributed by atoms with E-state index in [2.05, 4.69) is 4.98 Å². The van der Waals surface area contributed by atoms with Crippen LogP contribution in [0.3, 0.4) is 0 Å². The number of carboxylic acids is 1. The summed E-state index contributed by atoms with van der Waals surface area (Å²) in [5.74, 6) is -1.62. The summed E-state index contributed by atoms with van der Waals surface area (Å²) in [4.78, 5) is 27.1.